The van der Waals surface area contributed by atoms with Gasteiger partial charge in [0.2, 0.25) is 0 Å². The van der Waals surface area contributed by atoms with Crippen molar-refractivity contribution >= 4 is 17.7 Å². The van der Waals surface area contributed by atoms with Crippen LogP contribution in [-0.4, -0.2) is 41.7 Å². The summed E-state index contributed by atoms with van der Waals surface area (Å²) in [6.07, 6.45) is 1.34. The maximum atomic E-state index is 12.1. The van der Waals surface area contributed by atoms with Crippen LogP contribution in [0.5, 0.6) is 5.75 Å². The number of nitrogens with zero attached hydrogens (tertiary/aromatic N) is 1. The largest absolute Gasteiger partial charge is 0.494 e. The number of carboxylic acids is 1. The van der Waals surface area contributed by atoms with Crippen molar-refractivity contribution in [3.63, 3.8) is 0 Å². The second-order valence-electron chi connectivity index (χ2n) is 5.01. The number of carbonyl (C=O) groups excluding carboxylic acids is 1. The number of likely N-dealkylation sites (tertiary alicyclic amines) is 1. The maximum absolute atomic E-state index is 12.1. The predicted octanol–water partition coefficient (Wildman–Crippen LogP) is 2.41. The zero-order valence-corrected chi connectivity index (χ0v) is 12.0. The van der Waals surface area contributed by atoms with Crippen LogP contribution in [0.2, 0.25) is 0 Å². The molecule has 1 aliphatic rings. The third kappa shape index (κ3) is 4.11. The monoisotopic (exact) mass is 292 g/mol. The van der Waals surface area contributed by atoms with Gasteiger partial charge in [-0.15, -0.1) is 0 Å². The highest BCUT2D eigenvalue weighted by atomic mass is 16.5. The van der Waals surface area contributed by atoms with E-state index in [0.717, 1.165) is 5.75 Å². The lowest BCUT2D eigenvalue weighted by Gasteiger charge is -2.30. The fraction of sp³-hybridized carbons (Fsp3) is 0.467. The van der Waals surface area contributed by atoms with Crippen molar-refractivity contribution in [3.05, 3.63) is 24.3 Å². The number of nitrogens with one attached hydrogen (secondary N) is 1. The molecule has 1 aliphatic heterocycles. The molecule has 0 aromatic heterocycles. The van der Waals surface area contributed by atoms with Crippen molar-refractivity contribution in [3.8, 4) is 5.75 Å². The molecule has 1 saturated heterocycles. The number of amides is 2. The molecular formula is C15H20N2O4. The number of anilines is 1. The standard InChI is InChI=1S/C15H20N2O4/c1-2-21-13-7-5-12(6-8-13)16-15(20)17-9-3-4-11(10-17)14(18)19/h5-8,11H,2-4,9-10H2,1H3,(H,16,20)(H,18,19). The molecule has 2 N–H and O–H groups in total. The summed E-state index contributed by atoms with van der Waals surface area (Å²) in [6, 6.07) is 6.85. The van der Waals surface area contributed by atoms with Crippen LogP contribution in [0.25, 0.3) is 0 Å². The van der Waals surface area contributed by atoms with Crippen LogP contribution < -0.4 is 10.1 Å². The molecule has 114 valence electrons. The Morgan fingerprint density at radius 1 is 1.38 bits per heavy atom. The molecule has 1 fully saturated rings. The second kappa shape index (κ2) is 6.97. The average Bonchev–Trinajstić information content (AvgIpc) is 2.49. The highest BCUT2D eigenvalue weighted by Crippen LogP contribution is 2.19. The highest BCUT2D eigenvalue weighted by Gasteiger charge is 2.28. The van der Waals surface area contributed by atoms with E-state index >= 15 is 0 Å². The van der Waals surface area contributed by atoms with E-state index in [1.165, 1.54) is 0 Å². The van der Waals surface area contributed by atoms with Crippen LogP contribution in [0, 0.1) is 5.92 Å². The molecule has 0 bridgehead atoms. The fourth-order valence-electron chi connectivity index (χ4n) is 2.37. The van der Waals surface area contributed by atoms with Crippen molar-refractivity contribution in [2.45, 2.75) is 19.8 Å². The van der Waals surface area contributed by atoms with E-state index in [9.17, 15) is 9.59 Å². The molecule has 1 unspecified atom stereocenters. The van der Waals surface area contributed by atoms with Crippen LogP contribution >= 0.6 is 0 Å². The molecule has 6 heteroatoms. The fourth-order valence-corrected chi connectivity index (χ4v) is 2.37. The first-order valence-corrected chi connectivity index (χ1v) is 7.11. The number of hydrogen-bond donors (Lipinski definition) is 2. The van der Waals surface area contributed by atoms with Crippen molar-refractivity contribution in [1.82, 2.24) is 4.90 Å². The molecule has 1 aromatic rings. The van der Waals surface area contributed by atoms with Gasteiger partial charge in [0.15, 0.2) is 0 Å². The Morgan fingerprint density at radius 2 is 2.10 bits per heavy atom. The normalized spacial score (nSPS) is 18.1. The Balaban J connectivity index is 1.92. The molecule has 1 heterocycles. The minimum absolute atomic E-state index is 0.259. The average molecular weight is 292 g/mol. The number of benzene rings is 1. The number of urea groups is 1. The van der Waals surface area contributed by atoms with Crippen LogP contribution in [0.15, 0.2) is 24.3 Å². The minimum Gasteiger partial charge on any atom is -0.494 e. The van der Waals surface area contributed by atoms with Gasteiger partial charge in [0.05, 0.1) is 12.5 Å². The summed E-state index contributed by atoms with van der Waals surface area (Å²) in [7, 11) is 0. The highest BCUT2D eigenvalue weighted by molar-refractivity contribution is 5.89. The predicted molar refractivity (Wildman–Crippen MR) is 78.6 cm³/mol. The summed E-state index contributed by atoms with van der Waals surface area (Å²) in [4.78, 5) is 24.7. The second-order valence-corrected chi connectivity index (χ2v) is 5.01. The molecule has 0 saturated carbocycles. The van der Waals surface area contributed by atoms with Gasteiger partial charge in [-0.2, -0.15) is 0 Å². The lowest BCUT2D eigenvalue weighted by Crippen LogP contribution is -2.44. The van der Waals surface area contributed by atoms with Crippen molar-refractivity contribution in [2.24, 2.45) is 5.92 Å². The van der Waals surface area contributed by atoms with Gasteiger partial charge in [0.1, 0.15) is 5.75 Å². The summed E-state index contributed by atoms with van der Waals surface area (Å²) in [6.45, 7) is 3.35. The van der Waals surface area contributed by atoms with Gasteiger partial charge in [-0.25, -0.2) is 4.79 Å². The van der Waals surface area contributed by atoms with Crippen LogP contribution in [-0.2, 0) is 4.79 Å². The van der Waals surface area contributed by atoms with E-state index in [0.29, 0.717) is 31.7 Å². The van der Waals surface area contributed by atoms with E-state index < -0.39 is 11.9 Å². The number of aliphatic carboxylic acids is 1. The molecule has 1 aromatic carbocycles. The Kier molecular flexibility index (Phi) is 5.03. The summed E-state index contributed by atoms with van der Waals surface area (Å²) in [5.41, 5.74) is 0.668. The van der Waals surface area contributed by atoms with Gasteiger partial charge in [0.25, 0.3) is 0 Å². The molecule has 6 nitrogen and oxygen atoms in total. The van der Waals surface area contributed by atoms with Gasteiger partial charge in [0, 0.05) is 18.8 Å². The van der Waals surface area contributed by atoms with E-state index in [4.69, 9.17) is 9.84 Å². The maximum Gasteiger partial charge on any atom is 0.321 e. The number of ether oxygens (including phenoxy) is 1. The smallest absolute Gasteiger partial charge is 0.321 e. The van der Waals surface area contributed by atoms with Crippen molar-refractivity contribution in [1.29, 1.82) is 0 Å². The quantitative estimate of drug-likeness (QED) is 0.893. The van der Waals surface area contributed by atoms with Crippen LogP contribution in [0.4, 0.5) is 10.5 Å². The zero-order chi connectivity index (χ0) is 15.2. The first-order chi connectivity index (χ1) is 10.1. The lowest BCUT2D eigenvalue weighted by atomic mass is 9.99. The number of rotatable bonds is 4. The Hall–Kier alpha value is -2.24. The summed E-state index contributed by atoms with van der Waals surface area (Å²) in [5.74, 6) is -0.558. The number of carbonyl (C=O) groups is 2. The molecule has 2 rings (SSSR count). The number of carboxylic acid groups (broad SMARTS) is 1. The summed E-state index contributed by atoms with van der Waals surface area (Å²) < 4.78 is 5.33. The van der Waals surface area contributed by atoms with Gasteiger partial charge in [-0.3, -0.25) is 4.79 Å². The van der Waals surface area contributed by atoms with E-state index in [1.54, 1.807) is 29.2 Å². The van der Waals surface area contributed by atoms with E-state index in [-0.39, 0.29) is 12.6 Å². The van der Waals surface area contributed by atoms with Gasteiger partial charge < -0.3 is 20.1 Å². The molecule has 0 aliphatic carbocycles. The zero-order valence-electron chi connectivity index (χ0n) is 12.0. The van der Waals surface area contributed by atoms with Crippen LogP contribution in [0.3, 0.4) is 0 Å². The van der Waals surface area contributed by atoms with E-state index in [2.05, 4.69) is 5.32 Å². The van der Waals surface area contributed by atoms with Crippen molar-refractivity contribution < 1.29 is 19.4 Å². The van der Waals surface area contributed by atoms with Crippen molar-refractivity contribution in [2.75, 3.05) is 25.0 Å². The molecule has 21 heavy (non-hydrogen) atoms. The third-order valence-electron chi connectivity index (χ3n) is 3.47. The molecule has 0 spiro atoms. The molecule has 1 atom stereocenters. The summed E-state index contributed by atoms with van der Waals surface area (Å²) in [5, 5.41) is 11.8. The van der Waals surface area contributed by atoms with Gasteiger partial charge in [-0.1, -0.05) is 0 Å². The summed E-state index contributed by atoms with van der Waals surface area (Å²) >= 11 is 0. The topological polar surface area (TPSA) is 78.9 Å². The van der Waals surface area contributed by atoms with E-state index in [1.807, 2.05) is 6.92 Å². The molecule has 2 amide bonds. The minimum atomic E-state index is -0.839. The van der Waals surface area contributed by atoms with Gasteiger partial charge >= 0.3 is 12.0 Å². The first kappa shape index (κ1) is 15.2. The Labute approximate surface area is 123 Å². The SMILES string of the molecule is CCOc1ccc(NC(=O)N2CCCC(C(=O)O)C2)cc1. The number of piperidine rings is 1. The number of hydrogen-bond acceptors (Lipinski definition) is 3. The first-order valence-electron chi connectivity index (χ1n) is 7.11. The Morgan fingerprint density at radius 3 is 2.71 bits per heavy atom. The van der Waals surface area contributed by atoms with Crippen LogP contribution in [0.1, 0.15) is 19.8 Å². The van der Waals surface area contributed by atoms with Gasteiger partial charge in [-0.05, 0) is 44.0 Å². The molecule has 0 radical (unpaired) electrons. The third-order valence-corrected chi connectivity index (χ3v) is 3.47. The lowest BCUT2D eigenvalue weighted by molar-refractivity contribution is -0.143. The Bertz CT molecular complexity index is 501. The molecular weight excluding hydrogens is 272 g/mol.